The van der Waals surface area contributed by atoms with E-state index >= 15 is 0 Å². The summed E-state index contributed by atoms with van der Waals surface area (Å²) in [7, 11) is 1.48. The number of benzene rings is 1. The summed E-state index contributed by atoms with van der Waals surface area (Å²) in [6.07, 6.45) is 3.16. The van der Waals surface area contributed by atoms with Crippen molar-refractivity contribution in [3.05, 3.63) is 23.8 Å². The van der Waals surface area contributed by atoms with E-state index in [-0.39, 0.29) is 18.4 Å². The largest absolute Gasteiger partial charge is 0.379 e. The van der Waals surface area contributed by atoms with Gasteiger partial charge in [0.25, 0.3) is 5.91 Å². The van der Waals surface area contributed by atoms with Crippen LogP contribution < -0.4 is 15.5 Å². The van der Waals surface area contributed by atoms with Crippen molar-refractivity contribution in [3.8, 4) is 0 Å². The second-order valence-electron chi connectivity index (χ2n) is 7.47. The zero-order valence-corrected chi connectivity index (χ0v) is 17.2. The molecule has 29 heavy (non-hydrogen) atoms. The van der Waals surface area contributed by atoms with Gasteiger partial charge in [-0.15, -0.1) is 0 Å². The lowest BCUT2D eigenvalue weighted by Gasteiger charge is -2.26. The lowest BCUT2D eigenvalue weighted by Crippen LogP contribution is -2.38. The van der Waals surface area contributed by atoms with E-state index in [1.165, 1.54) is 7.11 Å². The monoisotopic (exact) mass is 404 g/mol. The number of carbonyl (C=O) groups is 2. The number of hydrogen-bond acceptors (Lipinski definition) is 6. The molecule has 0 aromatic heterocycles. The molecule has 2 amide bonds. The van der Waals surface area contributed by atoms with E-state index < -0.39 is 0 Å². The van der Waals surface area contributed by atoms with Crippen molar-refractivity contribution in [2.45, 2.75) is 19.3 Å². The summed E-state index contributed by atoms with van der Waals surface area (Å²) in [5.41, 5.74) is 2.14. The van der Waals surface area contributed by atoms with Crippen LogP contribution in [0.4, 0.5) is 11.4 Å². The molecular formula is C21H32N4O4. The smallest absolute Gasteiger partial charge is 0.253 e. The maximum Gasteiger partial charge on any atom is 0.253 e. The molecule has 0 unspecified atom stereocenters. The van der Waals surface area contributed by atoms with Gasteiger partial charge in [-0.05, 0) is 44.0 Å². The molecule has 2 heterocycles. The zero-order chi connectivity index (χ0) is 20.5. The predicted octanol–water partition coefficient (Wildman–Crippen LogP) is 1.32. The average Bonchev–Trinajstić information content (AvgIpc) is 3.26. The Kier molecular flexibility index (Phi) is 8.27. The number of methoxy groups -OCH3 is 1. The molecule has 0 saturated carbocycles. The molecule has 0 atom stereocenters. The van der Waals surface area contributed by atoms with Gasteiger partial charge in [0, 0.05) is 51.2 Å². The number of rotatable bonds is 9. The number of anilines is 2. The molecule has 160 valence electrons. The van der Waals surface area contributed by atoms with Crippen molar-refractivity contribution >= 4 is 23.2 Å². The molecule has 2 saturated heterocycles. The molecule has 1 aromatic rings. The molecular weight excluding hydrogens is 372 g/mol. The van der Waals surface area contributed by atoms with E-state index in [9.17, 15) is 9.59 Å². The van der Waals surface area contributed by atoms with Gasteiger partial charge in [-0.3, -0.25) is 14.5 Å². The fraction of sp³-hybridized carbons (Fsp3) is 0.619. The first-order valence-corrected chi connectivity index (χ1v) is 10.4. The van der Waals surface area contributed by atoms with Crippen LogP contribution in [0.25, 0.3) is 0 Å². The number of amides is 2. The van der Waals surface area contributed by atoms with Crippen LogP contribution >= 0.6 is 0 Å². The summed E-state index contributed by atoms with van der Waals surface area (Å²) in [5, 5.41) is 5.83. The van der Waals surface area contributed by atoms with Gasteiger partial charge < -0.3 is 25.0 Å². The third-order valence-corrected chi connectivity index (χ3v) is 5.29. The maximum absolute atomic E-state index is 12.9. The number of morpholine rings is 1. The fourth-order valence-electron chi connectivity index (χ4n) is 3.78. The minimum atomic E-state index is -0.238. The molecule has 0 radical (unpaired) electrons. The van der Waals surface area contributed by atoms with Crippen LogP contribution in [0.5, 0.6) is 0 Å². The first-order chi connectivity index (χ1) is 14.2. The first kappa shape index (κ1) is 21.5. The van der Waals surface area contributed by atoms with Crippen LogP contribution in [0.15, 0.2) is 18.2 Å². The van der Waals surface area contributed by atoms with Crippen molar-refractivity contribution in [3.63, 3.8) is 0 Å². The Morgan fingerprint density at radius 3 is 2.62 bits per heavy atom. The predicted molar refractivity (Wildman–Crippen MR) is 113 cm³/mol. The Morgan fingerprint density at radius 2 is 1.90 bits per heavy atom. The molecule has 8 heteroatoms. The summed E-state index contributed by atoms with van der Waals surface area (Å²) in [6.45, 7) is 6.94. The Balaban J connectivity index is 1.61. The Morgan fingerprint density at radius 1 is 1.14 bits per heavy atom. The van der Waals surface area contributed by atoms with Gasteiger partial charge in [-0.25, -0.2) is 0 Å². The molecule has 2 aliphatic rings. The van der Waals surface area contributed by atoms with Gasteiger partial charge in [-0.1, -0.05) is 0 Å². The van der Waals surface area contributed by atoms with Crippen LogP contribution in [-0.4, -0.2) is 82.9 Å². The number of ether oxygens (including phenoxy) is 2. The highest BCUT2D eigenvalue weighted by atomic mass is 16.5. The highest BCUT2D eigenvalue weighted by Crippen LogP contribution is 2.27. The second-order valence-corrected chi connectivity index (χ2v) is 7.47. The Labute approximate surface area is 172 Å². The normalized spacial score (nSPS) is 17.3. The minimum absolute atomic E-state index is 0.0169. The van der Waals surface area contributed by atoms with E-state index in [0.29, 0.717) is 17.8 Å². The van der Waals surface area contributed by atoms with Crippen molar-refractivity contribution in [1.29, 1.82) is 0 Å². The third-order valence-electron chi connectivity index (χ3n) is 5.29. The molecule has 0 bridgehead atoms. The average molecular weight is 405 g/mol. The highest BCUT2D eigenvalue weighted by molar-refractivity contribution is 6.02. The molecule has 2 N–H and O–H groups in total. The lowest BCUT2D eigenvalue weighted by molar-refractivity contribution is -0.119. The number of carbonyl (C=O) groups excluding carboxylic acids is 2. The summed E-state index contributed by atoms with van der Waals surface area (Å²) < 4.78 is 10.2. The Bertz CT molecular complexity index is 685. The van der Waals surface area contributed by atoms with Gasteiger partial charge in [0.2, 0.25) is 5.91 Å². The van der Waals surface area contributed by atoms with Crippen LogP contribution in [0.1, 0.15) is 29.6 Å². The molecule has 0 spiro atoms. The van der Waals surface area contributed by atoms with Gasteiger partial charge in [0.05, 0.1) is 18.8 Å². The van der Waals surface area contributed by atoms with Gasteiger partial charge in [-0.2, -0.15) is 0 Å². The quantitative estimate of drug-likeness (QED) is 0.604. The molecule has 8 nitrogen and oxygen atoms in total. The third kappa shape index (κ3) is 6.42. The van der Waals surface area contributed by atoms with Crippen molar-refractivity contribution in [2.24, 2.45) is 0 Å². The van der Waals surface area contributed by atoms with Crippen molar-refractivity contribution < 1.29 is 19.1 Å². The lowest BCUT2D eigenvalue weighted by atomic mass is 10.1. The van der Waals surface area contributed by atoms with E-state index in [2.05, 4.69) is 20.4 Å². The number of nitrogens with one attached hydrogen (secondary N) is 2. The zero-order valence-electron chi connectivity index (χ0n) is 17.2. The summed E-state index contributed by atoms with van der Waals surface area (Å²) >= 11 is 0. The summed E-state index contributed by atoms with van der Waals surface area (Å²) in [4.78, 5) is 29.4. The van der Waals surface area contributed by atoms with Crippen molar-refractivity contribution in [2.75, 3.05) is 76.4 Å². The summed E-state index contributed by atoms with van der Waals surface area (Å²) in [6, 6.07) is 5.53. The second kappa shape index (κ2) is 11.1. The number of nitrogens with zero attached hydrogens (tertiary/aromatic N) is 2. The first-order valence-electron chi connectivity index (χ1n) is 10.4. The van der Waals surface area contributed by atoms with Gasteiger partial charge >= 0.3 is 0 Å². The molecule has 2 fully saturated rings. The van der Waals surface area contributed by atoms with E-state index in [1.807, 2.05) is 12.1 Å². The maximum atomic E-state index is 12.9. The standard InChI is InChI=1S/C21H32N4O4/c1-28-16-20(26)23-17-5-6-19(25-9-2-3-10-25)18(15-17)21(27)22-7-4-8-24-11-13-29-14-12-24/h5-6,15H,2-4,7-14,16H2,1H3,(H,22,27)(H,23,26). The molecule has 0 aliphatic carbocycles. The van der Waals surface area contributed by atoms with E-state index in [1.54, 1.807) is 6.07 Å². The van der Waals surface area contributed by atoms with Crippen molar-refractivity contribution in [1.82, 2.24) is 10.2 Å². The fourth-order valence-corrected chi connectivity index (χ4v) is 3.78. The van der Waals surface area contributed by atoms with Crippen LogP contribution in [-0.2, 0) is 14.3 Å². The Hall–Kier alpha value is -2.16. The topological polar surface area (TPSA) is 83.1 Å². The van der Waals surface area contributed by atoms with Gasteiger partial charge in [0.1, 0.15) is 6.61 Å². The highest BCUT2D eigenvalue weighted by Gasteiger charge is 2.20. The van der Waals surface area contributed by atoms with E-state index in [4.69, 9.17) is 9.47 Å². The summed E-state index contributed by atoms with van der Waals surface area (Å²) in [5.74, 6) is -0.338. The SMILES string of the molecule is COCC(=O)Nc1ccc(N2CCCC2)c(C(=O)NCCCN2CCOCC2)c1. The van der Waals surface area contributed by atoms with Crippen LogP contribution in [0.3, 0.4) is 0 Å². The minimum Gasteiger partial charge on any atom is -0.379 e. The molecule has 3 rings (SSSR count). The molecule has 2 aliphatic heterocycles. The van der Waals surface area contributed by atoms with Crippen LogP contribution in [0, 0.1) is 0 Å². The van der Waals surface area contributed by atoms with Gasteiger partial charge in [0.15, 0.2) is 0 Å². The van der Waals surface area contributed by atoms with Crippen LogP contribution in [0.2, 0.25) is 0 Å². The molecule has 1 aromatic carbocycles. The number of hydrogen-bond donors (Lipinski definition) is 2. The van der Waals surface area contributed by atoms with E-state index in [0.717, 1.165) is 70.9 Å².